The number of hydrogen-bond donors (Lipinski definition) is 5. The smallest absolute Gasteiger partial charge is 0.200 e. The van der Waals surface area contributed by atoms with Crippen LogP contribution in [0.4, 0.5) is 26.1 Å². The molecule has 1 aromatic carbocycles. The van der Waals surface area contributed by atoms with Gasteiger partial charge in [-0.05, 0) is 50.2 Å². The van der Waals surface area contributed by atoms with Crippen molar-refractivity contribution < 1.29 is 28.1 Å². The molecule has 1 saturated heterocycles. The van der Waals surface area contributed by atoms with Gasteiger partial charge in [-0.25, -0.2) is 8.78 Å². The highest BCUT2D eigenvalue weighted by atomic mass is 32.1. The van der Waals surface area contributed by atoms with Gasteiger partial charge in [-0.3, -0.25) is 10.4 Å². The number of nitrogens with zero attached hydrogens (tertiary/aromatic N) is 2. The van der Waals surface area contributed by atoms with Crippen molar-refractivity contribution in [1.29, 1.82) is 0 Å². The van der Waals surface area contributed by atoms with Crippen LogP contribution in [0.1, 0.15) is 38.2 Å². The third kappa shape index (κ3) is 4.23. The number of nitrogens with one attached hydrogen (secondary N) is 4. The highest BCUT2D eigenvalue weighted by Gasteiger charge is 2.57. The Morgan fingerprint density at radius 2 is 2.06 bits per heavy atom. The molecule has 2 saturated carbocycles. The molecule has 1 aromatic heterocycles. The van der Waals surface area contributed by atoms with Crippen LogP contribution in [0.15, 0.2) is 18.2 Å². The number of rotatable bonds is 7. The van der Waals surface area contributed by atoms with Crippen molar-refractivity contribution in [2.75, 3.05) is 29.0 Å². The van der Waals surface area contributed by atoms with Gasteiger partial charge in [-0.15, -0.1) is 5.53 Å². The maximum absolute atomic E-state index is 13.7. The molecule has 3 heterocycles. The van der Waals surface area contributed by atoms with E-state index in [1.165, 1.54) is 6.07 Å². The number of aromatic amines is 1. The lowest BCUT2D eigenvalue weighted by molar-refractivity contribution is -0.168. The molecule has 0 bridgehead atoms. The largest absolute Gasteiger partial charge is 0.394 e. The number of aliphatic hydroxyl groups is 1. The first-order chi connectivity index (χ1) is 17.2. The number of hydrazine groups is 2. The molecule has 4 aliphatic rings. The molecule has 0 amide bonds. The lowest BCUT2D eigenvalue weighted by Crippen LogP contribution is -2.49. The van der Waals surface area contributed by atoms with Crippen molar-refractivity contribution in [1.82, 2.24) is 15.5 Å². The highest BCUT2D eigenvalue weighted by Crippen LogP contribution is 2.47. The van der Waals surface area contributed by atoms with Gasteiger partial charge in [0.1, 0.15) is 23.7 Å². The van der Waals surface area contributed by atoms with Crippen LogP contribution in [0.5, 0.6) is 0 Å². The summed E-state index contributed by atoms with van der Waals surface area (Å²) in [6.45, 7) is 3.87. The Kier molecular flexibility index (Phi) is 5.89. The minimum absolute atomic E-state index is 0.0300. The molecule has 2 aromatic rings. The van der Waals surface area contributed by atoms with E-state index in [2.05, 4.69) is 26.2 Å². The van der Waals surface area contributed by atoms with Crippen LogP contribution in [0.2, 0.25) is 0 Å². The lowest BCUT2D eigenvalue weighted by Gasteiger charge is -2.29. The molecular weight excluding hydrogens is 494 g/mol. The van der Waals surface area contributed by atoms with Gasteiger partial charge in [0.25, 0.3) is 0 Å². The van der Waals surface area contributed by atoms with E-state index in [0.29, 0.717) is 28.5 Å². The minimum Gasteiger partial charge on any atom is -0.394 e. The molecule has 6 rings (SSSR count). The third-order valence-electron chi connectivity index (χ3n) is 7.07. The van der Waals surface area contributed by atoms with Crippen molar-refractivity contribution >= 4 is 29.5 Å². The molecule has 10 nitrogen and oxygen atoms in total. The predicted molar refractivity (Wildman–Crippen MR) is 129 cm³/mol. The average molecular weight is 523 g/mol. The minimum atomic E-state index is -0.853. The second kappa shape index (κ2) is 8.85. The summed E-state index contributed by atoms with van der Waals surface area (Å²) in [5, 5.41) is 14.5. The van der Waals surface area contributed by atoms with E-state index >= 15 is 0 Å². The van der Waals surface area contributed by atoms with E-state index in [1.807, 2.05) is 18.9 Å². The molecule has 194 valence electrons. The van der Waals surface area contributed by atoms with Crippen molar-refractivity contribution in [3.8, 4) is 0 Å². The summed E-state index contributed by atoms with van der Waals surface area (Å²) in [4.78, 5) is 7.66. The summed E-state index contributed by atoms with van der Waals surface area (Å²) in [5.74, 6) is -1.15. The summed E-state index contributed by atoms with van der Waals surface area (Å²) >= 11 is 5.42. The van der Waals surface area contributed by atoms with Crippen LogP contribution in [0, 0.1) is 16.4 Å². The van der Waals surface area contributed by atoms with E-state index < -0.39 is 17.4 Å². The molecule has 2 aliphatic carbocycles. The summed E-state index contributed by atoms with van der Waals surface area (Å²) in [6.07, 6.45) is 0.536. The third-order valence-corrected chi connectivity index (χ3v) is 7.27. The molecule has 13 heteroatoms. The van der Waals surface area contributed by atoms with Crippen LogP contribution >= 0.6 is 12.2 Å². The Labute approximate surface area is 211 Å². The fraction of sp³-hybridized carbons (Fsp3) is 0.565. The van der Waals surface area contributed by atoms with Crippen molar-refractivity contribution in [3.63, 3.8) is 0 Å². The molecular formula is C23H28F2N6O4S. The fourth-order valence-electron chi connectivity index (χ4n) is 5.45. The second-order valence-electron chi connectivity index (χ2n) is 9.99. The van der Waals surface area contributed by atoms with E-state index in [-0.39, 0.29) is 49.5 Å². The van der Waals surface area contributed by atoms with Crippen LogP contribution in [-0.2, 0) is 14.2 Å². The number of aromatic nitrogens is 2. The van der Waals surface area contributed by atoms with Crippen LogP contribution in [0.3, 0.4) is 0 Å². The average Bonchev–Trinajstić information content (AvgIpc) is 3.16. The molecule has 36 heavy (non-hydrogen) atoms. The summed E-state index contributed by atoms with van der Waals surface area (Å²) < 4.78 is 45.5. The molecule has 2 aliphatic heterocycles. The normalized spacial score (nSPS) is 31.8. The Morgan fingerprint density at radius 1 is 1.25 bits per heavy atom. The van der Waals surface area contributed by atoms with E-state index in [4.69, 9.17) is 26.4 Å². The quantitative estimate of drug-likeness (QED) is 0.348. The summed E-state index contributed by atoms with van der Waals surface area (Å²) in [6, 6.07) is 3.87. The molecule has 6 atom stereocenters. The second-order valence-corrected chi connectivity index (χ2v) is 10.4. The Balaban J connectivity index is 1.23. The van der Waals surface area contributed by atoms with E-state index in [9.17, 15) is 13.9 Å². The molecule has 5 N–H and O–H groups in total. The van der Waals surface area contributed by atoms with E-state index in [0.717, 1.165) is 18.1 Å². The number of hydrogen-bond acceptors (Lipinski definition) is 10. The maximum atomic E-state index is 13.7. The van der Waals surface area contributed by atoms with E-state index in [1.54, 1.807) is 6.07 Å². The SMILES string of the molecule is CC1(C)O[C@@H]2[C@H](O1)[C@@H](OCCO)C[C@H]2N1NNc2c1nc(=S)[nH]c2N[C@@H]1C[C@H]1c1ccc(F)c(F)c1. The maximum Gasteiger partial charge on any atom is 0.200 e. The van der Waals surface area contributed by atoms with Gasteiger partial charge in [0, 0.05) is 18.4 Å². The fourth-order valence-corrected chi connectivity index (χ4v) is 5.64. The molecule has 0 spiro atoms. The highest BCUT2D eigenvalue weighted by molar-refractivity contribution is 7.71. The molecule has 3 fully saturated rings. The number of fused-ring (bicyclic) bond motifs is 2. The first-order valence-electron chi connectivity index (χ1n) is 12.0. The topological polar surface area (TPSA) is 116 Å². The monoisotopic (exact) mass is 522 g/mol. The molecule has 0 radical (unpaired) electrons. The zero-order valence-corrected chi connectivity index (χ0v) is 20.6. The van der Waals surface area contributed by atoms with Gasteiger partial charge < -0.3 is 29.6 Å². The Bertz CT molecular complexity index is 1230. The predicted octanol–water partition coefficient (Wildman–Crippen LogP) is 2.71. The zero-order valence-electron chi connectivity index (χ0n) is 19.8. The van der Waals surface area contributed by atoms with Crippen molar-refractivity contribution in [2.24, 2.45) is 0 Å². The zero-order chi connectivity index (χ0) is 25.2. The molecule has 0 unspecified atom stereocenters. The van der Waals surface area contributed by atoms with Gasteiger partial charge in [0.05, 0.1) is 25.4 Å². The van der Waals surface area contributed by atoms with Gasteiger partial charge in [0.2, 0.25) is 0 Å². The number of H-pyrrole nitrogens is 1. The summed E-state index contributed by atoms with van der Waals surface area (Å²) in [5.41, 5.74) is 7.79. The first-order valence-corrected chi connectivity index (χ1v) is 12.4. The van der Waals surface area contributed by atoms with Crippen molar-refractivity contribution in [2.45, 2.75) is 68.8 Å². The summed E-state index contributed by atoms with van der Waals surface area (Å²) in [7, 11) is 0. The van der Waals surface area contributed by atoms with Gasteiger partial charge in [0.15, 0.2) is 28.0 Å². The first kappa shape index (κ1) is 23.9. The van der Waals surface area contributed by atoms with Gasteiger partial charge >= 0.3 is 0 Å². The number of anilines is 3. The lowest BCUT2D eigenvalue weighted by atomic mass is 10.1. The van der Waals surface area contributed by atoms with Gasteiger partial charge in [-0.2, -0.15) is 4.98 Å². The Morgan fingerprint density at radius 3 is 2.83 bits per heavy atom. The number of benzene rings is 1. The van der Waals surface area contributed by atoms with Gasteiger partial charge in [-0.1, -0.05) is 6.07 Å². The standard InChI is InChI=1S/C23H28F2N6O4S/c1-23(2)34-18-15(9-16(19(18)35-23)33-6-5-32)31-21-17(29-30-31)20(27-22(36)28-21)26-14-8-11(14)10-3-4-12(24)13(25)7-10/h3-4,7,11,14-16,18-19,29-30,32H,5-6,8-9H2,1-2H3,(H2,26,27,28,36)/t11-,14+,15+,16-,18-,19+/m0/s1. The Hall–Kier alpha value is -2.42. The number of ether oxygens (including phenoxy) is 3. The van der Waals surface area contributed by atoms with Crippen molar-refractivity contribution in [3.05, 3.63) is 40.2 Å². The van der Waals surface area contributed by atoms with Crippen LogP contribution < -0.4 is 21.3 Å². The number of aliphatic hydroxyl groups excluding tert-OH is 1. The van der Waals surface area contributed by atoms with Crippen LogP contribution in [0.25, 0.3) is 0 Å². The van der Waals surface area contributed by atoms with Crippen LogP contribution in [-0.4, -0.2) is 64.5 Å². The number of halogens is 2.